The molecule has 0 bridgehead atoms. The number of primary amides is 1. The number of thiophene rings is 1. The zero-order valence-electron chi connectivity index (χ0n) is 10.4. The number of imidazole rings is 1. The quantitative estimate of drug-likeness (QED) is 0.645. The van der Waals surface area contributed by atoms with Gasteiger partial charge in [0, 0.05) is 11.1 Å². The van der Waals surface area contributed by atoms with Gasteiger partial charge >= 0.3 is 0 Å². The molecule has 3 rings (SSSR count). The molecular formula is C14H11N3O2S. The largest absolute Gasteiger partial charge is 0.506 e. The number of benzene rings is 1. The number of nitrogens with two attached hydrogens (primary N) is 1. The number of nitrogens with zero attached hydrogens (tertiary/aromatic N) is 1. The first kappa shape index (κ1) is 12.4. The lowest BCUT2D eigenvalue weighted by atomic mass is 10.1. The lowest BCUT2D eigenvalue weighted by Crippen LogP contribution is -2.12. The Morgan fingerprint density at radius 1 is 1.40 bits per heavy atom. The Hall–Kier alpha value is -2.60. The molecule has 2 aromatic heterocycles. The second kappa shape index (κ2) is 4.50. The van der Waals surface area contributed by atoms with Crippen LogP contribution in [0.3, 0.4) is 0 Å². The smallest absolute Gasteiger partial charge is 0.248 e. The fourth-order valence-corrected chi connectivity index (χ4v) is 2.65. The molecule has 4 N–H and O–H groups in total. The van der Waals surface area contributed by atoms with Crippen LogP contribution in [-0.4, -0.2) is 21.0 Å². The standard InChI is InChI=1S/C14H11N3O2S/c1-7(13(15)19)8-4-5-9(18)12-11(8)16-14(17-12)10-3-2-6-20-10/h2-6,18H,1H2,(H2,15,19)(H,16,17). The van der Waals surface area contributed by atoms with Crippen LogP contribution in [0.5, 0.6) is 5.75 Å². The SMILES string of the molecule is C=C(C(N)=O)c1ccc(O)c2[nH]c(-c3cccs3)nc12. The van der Waals surface area contributed by atoms with Crippen molar-refractivity contribution in [2.45, 2.75) is 0 Å². The molecule has 0 aliphatic rings. The van der Waals surface area contributed by atoms with Crippen molar-refractivity contribution in [3.05, 3.63) is 41.8 Å². The van der Waals surface area contributed by atoms with Crippen molar-refractivity contribution in [1.82, 2.24) is 9.97 Å². The third-order valence-electron chi connectivity index (χ3n) is 3.00. The Morgan fingerprint density at radius 3 is 2.85 bits per heavy atom. The van der Waals surface area contributed by atoms with Gasteiger partial charge in [0.25, 0.3) is 0 Å². The molecule has 0 saturated heterocycles. The van der Waals surface area contributed by atoms with E-state index in [9.17, 15) is 9.90 Å². The number of fused-ring (bicyclic) bond motifs is 1. The van der Waals surface area contributed by atoms with Crippen molar-refractivity contribution >= 4 is 33.9 Å². The summed E-state index contributed by atoms with van der Waals surface area (Å²) in [6.07, 6.45) is 0. The molecule has 0 aliphatic carbocycles. The molecule has 0 unspecified atom stereocenters. The summed E-state index contributed by atoms with van der Waals surface area (Å²) in [4.78, 5) is 19.7. The van der Waals surface area contributed by atoms with Crippen LogP contribution >= 0.6 is 11.3 Å². The Bertz CT molecular complexity index is 818. The van der Waals surface area contributed by atoms with Gasteiger partial charge in [-0.3, -0.25) is 4.79 Å². The van der Waals surface area contributed by atoms with E-state index in [1.165, 1.54) is 17.4 Å². The van der Waals surface area contributed by atoms with E-state index < -0.39 is 5.91 Å². The summed E-state index contributed by atoms with van der Waals surface area (Å²) in [6, 6.07) is 6.91. The van der Waals surface area contributed by atoms with Gasteiger partial charge in [0.05, 0.1) is 4.88 Å². The molecule has 5 nitrogen and oxygen atoms in total. The molecular weight excluding hydrogens is 274 g/mol. The molecule has 0 saturated carbocycles. The number of phenolic OH excluding ortho intramolecular Hbond substituents is 1. The third-order valence-corrected chi connectivity index (χ3v) is 3.88. The summed E-state index contributed by atoms with van der Waals surface area (Å²) < 4.78 is 0. The van der Waals surface area contributed by atoms with E-state index in [4.69, 9.17) is 5.73 Å². The Morgan fingerprint density at radius 2 is 2.20 bits per heavy atom. The summed E-state index contributed by atoms with van der Waals surface area (Å²) in [6.45, 7) is 3.67. The second-order valence-electron chi connectivity index (χ2n) is 4.26. The highest BCUT2D eigenvalue weighted by Gasteiger charge is 2.16. The van der Waals surface area contributed by atoms with Gasteiger partial charge in [-0.05, 0) is 23.6 Å². The van der Waals surface area contributed by atoms with Crippen molar-refractivity contribution in [1.29, 1.82) is 0 Å². The highest BCUT2D eigenvalue weighted by Crippen LogP contribution is 2.32. The molecule has 0 aliphatic heterocycles. The first-order chi connectivity index (χ1) is 9.58. The molecule has 0 fully saturated rings. The lowest BCUT2D eigenvalue weighted by molar-refractivity contribution is -0.112. The van der Waals surface area contributed by atoms with Gasteiger partial charge < -0.3 is 15.8 Å². The normalized spacial score (nSPS) is 10.8. The predicted molar refractivity (Wildman–Crippen MR) is 79.3 cm³/mol. The van der Waals surface area contributed by atoms with Crippen LogP contribution in [0.25, 0.3) is 27.3 Å². The Labute approximate surface area is 118 Å². The number of aromatic nitrogens is 2. The molecule has 20 heavy (non-hydrogen) atoms. The highest BCUT2D eigenvalue weighted by molar-refractivity contribution is 7.13. The number of carbonyl (C=O) groups is 1. The van der Waals surface area contributed by atoms with E-state index in [1.807, 2.05) is 17.5 Å². The van der Waals surface area contributed by atoms with Crippen molar-refractivity contribution in [3.63, 3.8) is 0 Å². The Balaban J connectivity index is 2.26. The fraction of sp³-hybridized carbons (Fsp3) is 0. The number of hydrogen-bond acceptors (Lipinski definition) is 4. The van der Waals surface area contributed by atoms with Gasteiger partial charge in [-0.2, -0.15) is 0 Å². The third kappa shape index (κ3) is 1.86. The minimum Gasteiger partial charge on any atom is -0.506 e. The monoisotopic (exact) mass is 285 g/mol. The molecule has 0 atom stereocenters. The first-order valence-corrected chi connectivity index (χ1v) is 6.70. The number of aromatic amines is 1. The maximum atomic E-state index is 11.3. The lowest BCUT2D eigenvalue weighted by Gasteiger charge is -2.03. The number of phenols is 1. The van der Waals surface area contributed by atoms with E-state index in [2.05, 4.69) is 16.5 Å². The first-order valence-electron chi connectivity index (χ1n) is 5.82. The van der Waals surface area contributed by atoms with Crippen LogP contribution in [0.2, 0.25) is 0 Å². The number of H-pyrrole nitrogens is 1. The van der Waals surface area contributed by atoms with Crippen LogP contribution in [0.1, 0.15) is 5.56 Å². The van der Waals surface area contributed by atoms with Crippen LogP contribution in [0.4, 0.5) is 0 Å². The average Bonchev–Trinajstić information content (AvgIpc) is 3.07. The summed E-state index contributed by atoms with van der Waals surface area (Å²) in [5.41, 5.74) is 6.89. The molecule has 1 amide bonds. The number of aromatic hydroxyl groups is 1. The predicted octanol–water partition coefficient (Wildman–Crippen LogP) is 2.50. The molecule has 1 aromatic carbocycles. The molecule has 2 heterocycles. The minimum atomic E-state index is -0.613. The van der Waals surface area contributed by atoms with Gasteiger partial charge in [0.2, 0.25) is 5.91 Å². The van der Waals surface area contributed by atoms with E-state index in [0.29, 0.717) is 22.4 Å². The summed E-state index contributed by atoms with van der Waals surface area (Å²) in [7, 11) is 0. The van der Waals surface area contributed by atoms with Gasteiger partial charge in [-0.15, -0.1) is 11.3 Å². The average molecular weight is 285 g/mol. The van der Waals surface area contributed by atoms with E-state index >= 15 is 0 Å². The topological polar surface area (TPSA) is 92.0 Å². The number of nitrogens with one attached hydrogen (secondary N) is 1. The van der Waals surface area contributed by atoms with Crippen LogP contribution < -0.4 is 5.73 Å². The maximum Gasteiger partial charge on any atom is 0.248 e. The summed E-state index contributed by atoms with van der Waals surface area (Å²) >= 11 is 1.53. The van der Waals surface area contributed by atoms with Gasteiger partial charge in [-0.25, -0.2) is 4.98 Å². The summed E-state index contributed by atoms with van der Waals surface area (Å²) in [5, 5.41) is 11.8. The van der Waals surface area contributed by atoms with Crippen LogP contribution in [-0.2, 0) is 4.79 Å². The van der Waals surface area contributed by atoms with Crippen LogP contribution in [0.15, 0.2) is 36.2 Å². The van der Waals surface area contributed by atoms with Crippen molar-refractivity contribution in [2.24, 2.45) is 5.73 Å². The highest BCUT2D eigenvalue weighted by atomic mass is 32.1. The Kier molecular flexibility index (Phi) is 2.80. The van der Waals surface area contributed by atoms with E-state index in [0.717, 1.165) is 4.88 Å². The summed E-state index contributed by atoms with van der Waals surface area (Å²) in [5.74, 6) is 0.0870. The second-order valence-corrected chi connectivity index (χ2v) is 5.21. The van der Waals surface area contributed by atoms with Crippen molar-refractivity contribution < 1.29 is 9.90 Å². The van der Waals surface area contributed by atoms with Crippen molar-refractivity contribution in [2.75, 3.05) is 0 Å². The number of hydrogen-bond donors (Lipinski definition) is 3. The number of rotatable bonds is 3. The fourth-order valence-electron chi connectivity index (χ4n) is 1.98. The van der Waals surface area contributed by atoms with Crippen molar-refractivity contribution in [3.8, 4) is 16.5 Å². The molecule has 6 heteroatoms. The molecule has 3 aromatic rings. The molecule has 0 spiro atoms. The molecule has 100 valence electrons. The number of carbonyl (C=O) groups excluding carboxylic acids is 1. The zero-order valence-corrected chi connectivity index (χ0v) is 11.2. The van der Waals surface area contributed by atoms with E-state index in [1.54, 1.807) is 6.07 Å². The van der Waals surface area contributed by atoms with Gasteiger partial charge in [0.15, 0.2) is 0 Å². The maximum absolute atomic E-state index is 11.3. The number of amides is 1. The zero-order chi connectivity index (χ0) is 14.3. The minimum absolute atomic E-state index is 0.0660. The molecule has 0 radical (unpaired) electrons. The van der Waals surface area contributed by atoms with Gasteiger partial charge in [-0.1, -0.05) is 12.6 Å². The van der Waals surface area contributed by atoms with Crippen LogP contribution in [0, 0.1) is 0 Å². The van der Waals surface area contributed by atoms with E-state index in [-0.39, 0.29) is 11.3 Å². The van der Waals surface area contributed by atoms with Gasteiger partial charge in [0.1, 0.15) is 22.6 Å².